The van der Waals surface area contributed by atoms with Crippen molar-refractivity contribution in [1.29, 1.82) is 0 Å². The van der Waals surface area contributed by atoms with E-state index in [1.54, 1.807) is 15.6 Å². The van der Waals surface area contributed by atoms with E-state index in [9.17, 15) is 23.1 Å². The number of aliphatic hydroxyl groups is 1. The maximum absolute atomic E-state index is 13.2. The minimum Gasteiger partial charge on any atom is -0.453 e. The average Bonchev–Trinajstić information content (AvgIpc) is 3.60. The van der Waals surface area contributed by atoms with Crippen molar-refractivity contribution in [3.8, 4) is 0 Å². The van der Waals surface area contributed by atoms with Crippen molar-refractivity contribution in [2.75, 3.05) is 45.2 Å². The standard InChI is InChI=1S/C26H31N5O6S/c1-37-26(34)28-21-2-4-22(5-3-21)38(35,36)30-11-7-19(8-12-30)20-9-13-31-24(14-20)23(15-27-31)25(33)29-10-6-18(16-29)17-32/h2-5,9,13-15,18-19,32H,6-8,10-12,16-17H2,1H3,(H,28,34). The highest BCUT2D eigenvalue weighted by atomic mass is 32.2. The molecule has 0 aliphatic carbocycles. The number of sulfonamides is 1. The number of carbonyl (C=O) groups is 2. The molecule has 0 saturated carbocycles. The molecule has 2 N–H and O–H groups in total. The first-order valence-electron chi connectivity index (χ1n) is 12.6. The van der Waals surface area contributed by atoms with Gasteiger partial charge in [0.15, 0.2) is 0 Å². The van der Waals surface area contributed by atoms with E-state index in [4.69, 9.17) is 0 Å². The number of fused-ring (bicyclic) bond motifs is 1. The van der Waals surface area contributed by atoms with Crippen LogP contribution in [0.15, 0.2) is 53.7 Å². The number of benzene rings is 1. The third-order valence-electron chi connectivity index (χ3n) is 7.46. The molecule has 2 aromatic heterocycles. The summed E-state index contributed by atoms with van der Waals surface area (Å²) < 4.78 is 34.1. The molecule has 11 nitrogen and oxygen atoms in total. The molecule has 1 unspecified atom stereocenters. The van der Waals surface area contributed by atoms with Crippen LogP contribution in [0.1, 0.15) is 41.1 Å². The number of hydrogen-bond acceptors (Lipinski definition) is 7. The lowest BCUT2D eigenvalue weighted by atomic mass is 9.90. The fourth-order valence-electron chi connectivity index (χ4n) is 5.21. The quantitative estimate of drug-likeness (QED) is 0.490. The molecule has 0 spiro atoms. The van der Waals surface area contributed by atoms with Crippen LogP contribution in [0.5, 0.6) is 0 Å². The maximum atomic E-state index is 13.2. The van der Waals surface area contributed by atoms with Crippen LogP contribution in [0.3, 0.4) is 0 Å². The van der Waals surface area contributed by atoms with Gasteiger partial charge < -0.3 is 14.7 Å². The van der Waals surface area contributed by atoms with Crippen molar-refractivity contribution >= 4 is 33.2 Å². The molecule has 4 heterocycles. The molecule has 38 heavy (non-hydrogen) atoms. The van der Waals surface area contributed by atoms with Gasteiger partial charge in [-0.15, -0.1) is 0 Å². The van der Waals surface area contributed by atoms with E-state index in [2.05, 4.69) is 15.2 Å². The second kappa shape index (κ2) is 10.7. The van der Waals surface area contributed by atoms with Gasteiger partial charge in [-0.25, -0.2) is 17.7 Å². The van der Waals surface area contributed by atoms with Gasteiger partial charge in [0.1, 0.15) is 0 Å². The van der Waals surface area contributed by atoms with E-state index in [-0.39, 0.29) is 29.2 Å². The Morgan fingerprint density at radius 2 is 1.84 bits per heavy atom. The zero-order valence-electron chi connectivity index (χ0n) is 21.1. The van der Waals surface area contributed by atoms with Crippen LogP contribution in [-0.2, 0) is 14.8 Å². The molecule has 5 rings (SSSR count). The summed E-state index contributed by atoms with van der Waals surface area (Å²) >= 11 is 0. The Morgan fingerprint density at radius 1 is 1.11 bits per heavy atom. The van der Waals surface area contributed by atoms with Crippen LogP contribution < -0.4 is 5.32 Å². The Morgan fingerprint density at radius 3 is 2.50 bits per heavy atom. The molecule has 202 valence electrons. The van der Waals surface area contributed by atoms with Gasteiger partial charge in [-0.3, -0.25) is 10.1 Å². The topological polar surface area (TPSA) is 134 Å². The third-order valence-corrected chi connectivity index (χ3v) is 9.37. The molecule has 0 radical (unpaired) electrons. The van der Waals surface area contributed by atoms with Crippen molar-refractivity contribution < 1.29 is 27.9 Å². The molecule has 12 heteroatoms. The van der Waals surface area contributed by atoms with Crippen molar-refractivity contribution in [1.82, 2.24) is 18.8 Å². The van der Waals surface area contributed by atoms with Gasteiger partial charge in [0.2, 0.25) is 10.0 Å². The van der Waals surface area contributed by atoms with Crippen LogP contribution in [0, 0.1) is 5.92 Å². The Kier molecular flexibility index (Phi) is 7.37. The Hall–Kier alpha value is -3.48. The number of ether oxygens (including phenoxy) is 1. The second-order valence-electron chi connectivity index (χ2n) is 9.76. The SMILES string of the molecule is COC(=O)Nc1ccc(S(=O)(=O)N2CCC(c3ccn4ncc(C(=O)N5CCC(CO)C5)c4c3)CC2)cc1. The average molecular weight is 542 g/mol. The summed E-state index contributed by atoms with van der Waals surface area (Å²) in [4.78, 5) is 26.4. The first kappa shape index (κ1) is 26.1. The molecule has 3 aromatic rings. The largest absolute Gasteiger partial charge is 0.453 e. The lowest BCUT2D eigenvalue weighted by Crippen LogP contribution is -2.37. The lowest BCUT2D eigenvalue weighted by molar-refractivity contribution is 0.0783. The summed E-state index contributed by atoms with van der Waals surface area (Å²) in [6, 6.07) is 9.98. The van der Waals surface area contributed by atoms with E-state index in [1.165, 1.54) is 35.7 Å². The number of carbonyl (C=O) groups excluding carboxylic acids is 2. The molecule has 1 aromatic carbocycles. The van der Waals surface area contributed by atoms with Crippen molar-refractivity contribution in [2.45, 2.75) is 30.1 Å². The third kappa shape index (κ3) is 5.11. The van der Waals surface area contributed by atoms with Crippen LogP contribution in [0.4, 0.5) is 10.5 Å². The number of nitrogens with zero attached hydrogens (tertiary/aromatic N) is 4. The van der Waals surface area contributed by atoms with Gasteiger partial charge in [0.05, 0.1) is 29.3 Å². The van der Waals surface area contributed by atoms with E-state index in [1.807, 2.05) is 18.3 Å². The van der Waals surface area contributed by atoms with Gasteiger partial charge in [-0.2, -0.15) is 9.40 Å². The molecular weight excluding hydrogens is 510 g/mol. The van der Waals surface area contributed by atoms with E-state index in [0.717, 1.165) is 17.5 Å². The Bertz CT molecular complexity index is 1430. The lowest BCUT2D eigenvalue weighted by Gasteiger charge is -2.31. The molecule has 2 aliphatic rings. The highest BCUT2D eigenvalue weighted by Crippen LogP contribution is 2.32. The Labute approximate surface area is 221 Å². The normalized spacial score (nSPS) is 19.1. The molecule has 2 fully saturated rings. The number of anilines is 1. The fraction of sp³-hybridized carbons (Fsp3) is 0.423. The summed E-state index contributed by atoms with van der Waals surface area (Å²) in [5.41, 5.74) is 2.77. The molecule has 2 aliphatic heterocycles. The minimum absolute atomic E-state index is 0.0784. The minimum atomic E-state index is -3.67. The molecule has 2 saturated heterocycles. The van der Waals surface area contributed by atoms with Crippen LogP contribution in [0.25, 0.3) is 5.52 Å². The maximum Gasteiger partial charge on any atom is 0.411 e. The summed E-state index contributed by atoms with van der Waals surface area (Å²) in [5, 5.41) is 16.3. The highest BCUT2D eigenvalue weighted by Gasteiger charge is 2.31. The monoisotopic (exact) mass is 541 g/mol. The zero-order chi connectivity index (χ0) is 26.9. The highest BCUT2D eigenvalue weighted by molar-refractivity contribution is 7.89. The van der Waals surface area contributed by atoms with Gasteiger partial charge >= 0.3 is 6.09 Å². The number of rotatable bonds is 6. The first-order chi connectivity index (χ1) is 18.3. The molecule has 1 atom stereocenters. The predicted octanol–water partition coefficient (Wildman–Crippen LogP) is 2.54. The number of methoxy groups -OCH3 is 1. The van der Waals surface area contributed by atoms with Crippen LogP contribution in [-0.4, -0.2) is 84.2 Å². The molecule has 0 bridgehead atoms. The predicted molar refractivity (Wildman–Crippen MR) is 139 cm³/mol. The van der Waals surface area contributed by atoms with Gasteiger partial charge in [0, 0.05) is 50.6 Å². The van der Waals surface area contributed by atoms with Gasteiger partial charge in [0.25, 0.3) is 5.91 Å². The van der Waals surface area contributed by atoms with E-state index < -0.39 is 16.1 Å². The molecule has 2 amide bonds. The summed E-state index contributed by atoms with van der Waals surface area (Å²) in [6.45, 7) is 2.00. The van der Waals surface area contributed by atoms with Crippen molar-refractivity contribution in [3.05, 3.63) is 59.9 Å². The number of nitrogens with one attached hydrogen (secondary N) is 1. The van der Waals surface area contributed by atoms with E-state index >= 15 is 0 Å². The second-order valence-corrected chi connectivity index (χ2v) is 11.7. The smallest absolute Gasteiger partial charge is 0.411 e. The number of hydrogen-bond donors (Lipinski definition) is 2. The summed E-state index contributed by atoms with van der Waals surface area (Å²) in [6.07, 6.45) is 4.91. The van der Waals surface area contributed by atoms with Gasteiger partial charge in [-0.1, -0.05) is 0 Å². The van der Waals surface area contributed by atoms with E-state index in [0.29, 0.717) is 50.3 Å². The van der Waals surface area contributed by atoms with Crippen molar-refractivity contribution in [2.24, 2.45) is 5.92 Å². The van der Waals surface area contributed by atoms with Crippen LogP contribution in [0.2, 0.25) is 0 Å². The van der Waals surface area contributed by atoms with Crippen molar-refractivity contribution in [3.63, 3.8) is 0 Å². The number of amides is 2. The van der Waals surface area contributed by atoms with Gasteiger partial charge in [-0.05, 0) is 67.1 Å². The number of aliphatic hydroxyl groups excluding tert-OH is 1. The number of piperidine rings is 1. The number of pyridine rings is 1. The van der Waals surface area contributed by atoms with Crippen LogP contribution >= 0.6 is 0 Å². The first-order valence-corrected chi connectivity index (χ1v) is 14.1. The summed E-state index contributed by atoms with van der Waals surface area (Å²) in [5.74, 6) is 0.190. The zero-order valence-corrected chi connectivity index (χ0v) is 21.9. The number of aromatic nitrogens is 2. The Balaban J connectivity index is 1.26. The fourth-order valence-corrected chi connectivity index (χ4v) is 6.68. The number of likely N-dealkylation sites (tertiary alicyclic amines) is 1. The summed E-state index contributed by atoms with van der Waals surface area (Å²) in [7, 11) is -2.41. The molecular formula is C26H31N5O6S.